The summed E-state index contributed by atoms with van der Waals surface area (Å²) in [6.45, 7) is 2.46. The molecule has 0 fully saturated rings. The third-order valence-corrected chi connectivity index (χ3v) is 4.66. The van der Waals surface area contributed by atoms with Crippen molar-refractivity contribution in [1.29, 1.82) is 0 Å². The molecule has 106 valence electrons. The van der Waals surface area contributed by atoms with Crippen molar-refractivity contribution in [1.82, 2.24) is 0 Å². The third-order valence-electron chi connectivity index (χ3n) is 2.81. The van der Waals surface area contributed by atoms with Crippen LogP contribution in [0.5, 0.6) is 5.75 Å². The normalized spacial score (nSPS) is 10.5. The zero-order valence-electron chi connectivity index (χ0n) is 11.0. The molecule has 4 nitrogen and oxygen atoms in total. The second-order valence-corrected chi connectivity index (χ2v) is 6.02. The van der Waals surface area contributed by atoms with Crippen LogP contribution in [-0.2, 0) is 18.4 Å². The van der Waals surface area contributed by atoms with E-state index < -0.39 is 4.92 Å². The molecule has 0 aliphatic carbocycles. The monoisotopic (exact) mass is 355 g/mol. The van der Waals surface area contributed by atoms with Gasteiger partial charge in [-0.3, -0.25) is 10.1 Å². The summed E-state index contributed by atoms with van der Waals surface area (Å²) >= 11 is 5.01. The summed E-state index contributed by atoms with van der Waals surface area (Å²) in [4.78, 5) is 12.9. The van der Waals surface area contributed by atoms with Crippen molar-refractivity contribution in [2.45, 2.75) is 25.3 Å². The van der Waals surface area contributed by atoms with E-state index in [-0.39, 0.29) is 5.69 Å². The zero-order valence-corrected chi connectivity index (χ0v) is 13.4. The maximum Gasteiger partial charge on any atom is 0.310 e. The quantitative estimate of drug-likeness (QED) is 0.429. The zero-order chi connectivity index (χ0) is 14.5. The number of halogens is 1. The van der Waals surface area contributed by atoms with Gasteiger partial charge in [-0.05, 0) is 30.2 Å². The molecule has 1 aromatic carbocycles. The van der Waals surface area contributed by atoms with Crippen LogP contribution < -0.4 is 4.74 Å². The molecule has 2 rings (SSSR count). The second kappa shape index (κ2) is 6.85. The van der Waals surface area contributed by atoms with Crippen molar-refractivity contribution < 1.29 is 9.66 Å². The molecule has 0 radical (unpaired) electrons. The molecular weight excluding hydrogens is 342 g/mol. The first-order valence-electron chi connectivity index (χ1n) is 6.17. The Bertz CT molecular complexity index is 612. The number of benzene rings is 1. The number of ether oxygens (including phenoxy) is 1. The van der Waals surface area contributed by atoms with E-state index in [1.54, 1.807) is 23.5 Å². The minimum Gasteiger partial charge on any atom is -0.481 e. The molecule has 0 aliphatic heterocycles. The molecule has 20 heavy (non-hydrogen) atoms. The van der Waals surface area contributed by atoms with Gasteiger partial charge < -0.3 is 4.74 Å². The molecule has 6 heteroatoms. The van der Waals surface area contributed by atoms with Crippen molar-refractivity contribution in [3.8, 4) is 5.75 Å². The van der Waals surface area contributed by atoms with Crippen LogP contribution in [0.1, 0.15) is 22.2 Å². The molecule has 0 N–H and O–H groups in total. The van der Waals surface area contributed by atoms with Gasteiger partial charge in [0.05, 0.1) is 4.92 Å². The summed E-state index contributed by atoms with van der Waals surface area (Å²) in [5.41, 5.74) is 0.952. The van der Waals surface area contributed by atoms with Gasteiger partial charge >= 0.3 is 5.69 Å². The van der Waals surface area contributed by atoms with E-state index in [9.17, 15) is 10.1 Å². The highest BCUT2D eigenvalue weighted by Gasteiger charge is 2.15. The highest BCUT2D eigenvalue weighted by atomic mass is 79.9. The summed E-state index contributed by atoms with van der Waals surface area (Å²) in [5, 5.41) is 11.6. The molecule has 1 heterocycles. The van der Waals surface area contributed by atoms with E-state index in [4.69, 9.17) is 4.74 Å². The molecule has 0 atom stereocenters. The van der Waals surface area contributed by atoms with Crippen LogP contribution in [0.2, 0.25) is 0 Å². The van der Waals surface area contributed by atoms with Crippen LogP contribution in [0.4, 0.5) is 5.69 Å². The van der Waals surface area contributed by atoms with Crippen molar-refractivity contribution in [3.05, 3.63) is 55.8 Å². The number of thiophene rings is 1. The Hall–Kier alpha value is -1.40. The maximum absolute atomic E-state index is 11.0. The summed E-state index contributed by atoms with van der Waals surface area (Å²) in [7, 11) is 0. The predicted octanol–water partition coefficient (Wildman–Crippen LogP) is 4.69. The second-order valence-electron chi connectivity index (χ2n) is 4.20. The van der Waals surface area contributed by atoms with Gasteiger partial charge in [0.25, 0.3) is 0 Å². The number of rotatable bonds is 6. The van der Waals surface area contributed by atoms with E-state index in [2.05, 4.69) is 28.9 Å². The highest BCUT2D eigenvalue weighted by Crippen LogP contribution is 2.30. The lowest BCUT2D eigenvalue weighted by atomic mass is 10.2. The number of nitrogens with zero attached hydrogens (tertiary/aromatic N) is 1. The highest BCUT2D eigenvalue weighted by molar-refractivity contribution is 9.08. The summed E-state index contributed by atoms with van der Waals surface area (Å²) in [5.74, 6) is 0.318. The molecule has 0 spiro atoms. The Labute approximate surface area is 129 Å². The average Bonchev–Trinajstić information content (AvgIpc) is 2.92. The van der Waals surface area contributed by atoms with E-state index in [1.165, 1.54) is 10.9 Å². The van der Waals surface area contributed by atoms with Gasteiger partial charge in [0.15, 0.2) is 5.75 Å². The fourth-order valence-corrected chi connectivity index (χ4v) is 2.97. The number of nitro benzene ring substituents is 1. The van der Waals surface area contributed by atoms with Gasteiger partial charge in [-0.1, -0.05) is 28.9 Å². The predicted molar refractivity (Wildman–Crippen MR) is 83.8 cm³/mol. The molecule has 0 aliphatic rings. The van der Waals surface area contributed by atoms with E-state index in [1.807, 2.05) is 6.07 Å². The fraction of sp³-hybridized carbons (Fsp3) is 0.286. The number of hydrogen-bond acceptors (Lipinski definition) is 4. The SMILES string of the molecule is CCc1ccc(COc2cc(CBr)ccc2[N+](=O)[O-])s1. The Morgan fingerprint density at radius 1 is 1.30 bits per heavy atom. The Kier molecular flexibility index (Phi) is 5.14. The van der Waals surface area contributed by atoms with Crippen LogP contribution in [0.15, 0.2) is 30.3 Å². The number of aryl methyl sites for hydroxylation is 1. The fourth-order valence-electron chi connectivity index (χ4n) is 1.75. The van der Waals surface area contributed by atoms with Crippen LogP contribution in [0, 0.1) is 10.1 Å². The van der Waals surface area contributed by atoms with Crippen LogP contribution in [0.3, 0.4) is 0 Å². The summed E-state index contributed by atoms with van der Waals surface area (Å²) < 4.78 is 5.63. The Morgan fingerprint density at radius 3 is 2.65 bits per heavy atom. The van der Waals surface area contributed by atoms with Gasteiger partial charge in [-0.2, -0.15) is 0 Å². The summed E-state index contributed by atoms with van der Waals surface area (Å²) in [6, 6.07) is 8.98. The molecule has 0 saturated carbocycles. The lowest BCUT2D eigenvalue weighted by Crippen LogP contribution is -1.98. The first-order valence-corrected chi connectivity index (χ1v) is 8.11. The van der Waals surface area contributed by atoms with Gasteiger partial charge in [-0.15, -0.1) is 11.3 Å². The first-order chi connectivity index (χ1) is 9.63. The van der Waals surface area contributed by atoms with E-state index in [0.717, 1.165) is 16.9 Å². The van der Waals surface area contributed by atoms with E-state index in [0.29, 0.717) is 17.7 Å². The number of nitro groups is 1. The largest absolute Gasteiger partial charge is 0.481 e. The molecular formula is C14H14BrNO3S. The molecule has 2 aromatic rings. The Morgan fingerprint density at radius 2 is 2.05 bits per heavy atom. The smallest absolute Gasteiger partial charge is 0.310 e. The Balaban J connectivity index is 2.16. The minimum atomic E-state index is -0.417. The van der Waals surface area contributed by atoms with Crippen LogP contribution >= 0.6 is 27.3 Å². The number of alkyl halides is 1. The molecule has 1 aromatic heterocycles. The standard InChI is InChI=1S/C14H14BrNO3S/c1-2-11-4-5-12(20-11)9-19-14-7-10(8-15)3-6-13(14)16(17)18/h3-7H,2,8-9H2,1H3. The van der Waals surface area contributed by atoms with E-state index >= 15 is 0 Å². The van der Waals surface area contributed by atoms with Crippen molar-refractivity contribution >= 4 is 33.0 Å². The van der Waals surface area contributed by atoms with Crippen molar-refractivity contribution in [2.75, 3.05) is 0 Å². The molecule has 0 amide bonds. The molecule has 0 unspecified atom stereocenters. The average molecular weight is 356 g/mol. The third kappa shape index (κ3) is 3.58. The van der Waals surface area contributed by atoms with Gasteiger partial charge in [0.1, 0.15) is 6.61 Å². The van der Waals surface area contributed by atoms with Crippen molar-refractivity contribution in [2.24, 2.45) is 0 Å². The first kappa shape index (κ1) is 15.0. The minimum absolute atomic E-state index is 0.00183. The summed E-state index contributed by atoms with van der Waals surface area (Å²) in [6.07, 6.45) is 0.990. The van der Waals surface area contributed by atoms with Gasteiger partial charge in [0, 0.05) is 21.2 Å². The molecule has 0 bridgehead atoms. The lowest BCUT2D eigenvalue weighted by molar-refractivity contribution is -0.385. The van der Waals surface area contributed by atoms with Gasteiger partial charge in [-0.25, -0.2) is 0 Å². The maximum atomic E-state index is 11.0. The van der Waals surface area contributed by atoms with Gasteiger partial charge in [0.2, 0.25) is 0 Å². The van der Waals surface area contributed by atoms with Crippen LogP contribution in [-0.4, -0.2) is 4.92 Å². The van der Waals surface area contributed by atoms with Crippen LogP contribution in [0.25, 0.3) is 0 Å². The topological polar surface area (TPSA) is 52.4 Å². The number of hydrogen-bond donors (Lipinski definition) is 0. The lowest BCUT2D eigenvalue weighted by Gasteiger charge is -2.07. The van der Waals surface area contributed by atoms with Crippen molar-refractivity contribution in [3.63, 3.8) is 0 Å². The molecule has 0 saturated heterocycles.